The molecule has 1 rings (SSSR count). The monoisotopic (exact) mass is 227 g/mol. The van der Waals surface area contributed by atoms with Crippen LogP contribution in [0.25, 0.3) is 0 Å². The molecule has 0 fully saturated rings. The first kappa shape index (κ1) is 13.5. The molecule has 0 aliphatic carbocycles. The Balaban J connectivity index is 2.56. The van der Waals surface area contributed by atoms with Crippen molar-refractivity contribution < 1.29 is 0 Å². The van der Waals surface area contributed by atoms with E-state index < -0.39 is 0 Å². The summed E-state index contributed by atoms with van der Waals surface area (Å²) in [4.78, 5) is 2.30. The van der Waals surface area contributed by atoms with Crippen molar-refractivity contribution >= 4 is 0 Å². The molecular formula is C16H21N. The van der Waals surface area contributed by atoms with Gasteiger partial charge in [-0.05, 0) is 25.1 Å². The van der Waals surface area contributed by atoms with Crippen molar-refractivity contribution in [3.05, 3.63) is 72.4 Å². The maximum Gasteiger partial charge on any atom is 0.0234 e. The molecule has 0 saturated carbocycles. The number of hydrogen-bond acceptors (Lipinski definition) is 1. The Morgan fingerprint density at radius 3 is 2.59 bits per heavy atom. The molecule has 90 valence electrons. The van der Waals surface area contributed by atoms with Crippen LogP contribution in [0.5, 0.6) is 0 Å². The van der Waals surface area contributed by atoms with E-state index in [1.54, 1.807) is 0 Å². The molecule has 0 amide bonds. The lowest BCUT2D eigenvalue weighted by Crippen LogP contribution is -2.20. The second-order valence-electron chi connectivity index (χ2n) is 4.14. The summed E-state index contributed by atoms with van der Waals surface area (Å²) in [6.45, 7) is 7.68. The van der Waals surface area contributed by atoms with E-state index in [1.807, 2.05) is 19.1 Å². The summed E-state index contributed by atoms with van der Waals surface area (Å²) >= 11 is 0. The quantitative estimate of drug-likeness (QED) is 0.668. The summed E-state index contributed by atoms with van der Waals surface area (Å²) < 4.78 is 0. The van der Waals surface area contributed by atoms with Gasteiger partial charge in [-0.2, -0.15) is 0 Å². The van der Waals surface area contributed by atoms with Crippen LogP contribution >= 0.6 is 0 Å². The SMILES string of the molecule is C=C/C=C(\C=C/C)CN(C)Cc1ccccc1. The molecular weight excluding hydrogens is 206 g/mol. The average Bonchev–Trinajstić information content (AvgIpc) is 2.30. The normalized spacial score (nSPS) is 12.3. The zero-order valence-electron chi connectivity index (χ0n) is 10.8. The van der Waals surface area contributed by atoms with Gasteiger partial charge in [0, 0.05) is 13.1 Å². The Labute approximate surface area is 105 Å². The minimum atomic E-state index is 0.936. The standard InChI is InChI=1S/C16H21N/c1-4-9-15(10-5-2)13-17(3)14-16-11-7-6-8-12-16/h4-12H,1,13-14H2,2-3H3/b10-5-,15-9+. The van der Waals surface area contributed by atoms with Crippen LogP contribution < -0.4 is 0 Å². The van der Waals surface area contributed by atoms with Gasteiger partial charge in [-0.15, -0.1) is 0 Å². The maximum atomic E-state index is 3.75. The van der Waals surface area contributed by atoms with Gasteiger partial charge in [0.2, 0.25) is 0 Å². The fourth-order valence-electron chi connectivity index (χ4n) is 1.79. The lowest BCUT2D eigenvalue weighted by molar-refractivity contribution is 0.358. The molecule has 17 heavy (non-hydrogen) atoms. The molecule has 0 aliphatic rings. The summed E-state index contributed by atoms with van der Waals surface area (Å²) in [6, 6.07) is 10.5. The Bertz CT molecular complexity index is 387. The largest absolute Gasteiger partial charge is 0.298 e. The van der Waals surface area contributed by atoms with E-state index in [2.05, 4.69) is 61.0 Å². The molecule has 1 aromatic rings. The smallest absolute Gasteiger partial charge is 0.0234 e. The van der Waals surface area contributed by atoms with Gasteiger partial charge in [0.05, 0.1) is 0 Å². The number of benzene rings is 1. The van der Waals surface area contributed by atoms with E-state index in [4.69, 9.17) is 0 Å². The number of allylic oxidation sites excluding steroid dienone is 3. The third-order valence-corrected chi connectivity index (χ3v) is 2.46. The Hall–Kier alpha value is -1.60. The molecule has 0 unspecified atom stereocenters. The van der Waals surface area contributed by atoms with Gasteiger partial charge in [0.1, 0.15) is 0 Å². The molecule has 0 saturated heterocycles. The molecule has 0 aliphatic heterocycles. The van der Waals surface area contributed by atoms with Crippen LogP contribution in [0.3, 0.4) is 0 Å². The predicted molar refractivity (Wildman–Crippen MR) is 75.9 cm³/mol. The van der Waals surface area contributed by atoms with E-state index in [1.165, 1.54) is 11.1 Å². The molecule has 0 N–H and O–H groups in total. The van der Waals surface area contributed by atoms with Gasteiger partial charge in [-0.25, -0.2) is 0 Å². The van der Waals surface area contributed by atoms with Crippen LogP contribution in [-0.4, -0.2) is 18.5 Å². The van der Waals surface area contributed by atoms with E-state index in [0.717, 1.165) is 13.1 Å². The fraction of sp³-hybridized carbons (Fsp3) is 0.250. The molecule has 1 heteroatoms. The highest BCUT2D eigenvalue weighted by molar-refractivity contribution is 5.24. The highest BCUT2D eigenvalue weighted by atomic mass is 15.1. The predicted octanol–water partition coefficient (Wildman–Crippen LogP) is 3.81. The number of hydrogen-bond donors (Lipinski definition) is 0. The van der Waals surface area contributed by atoms with Crippen molar-refractivity contribution in [1.29, 1.82) is 0 Å². The molecule has 0 bridgehead atoms. The third kappa shape index (κ3) is 5.32. The van der Waals surface area contributed by atoms with Crippen molar-refractivity contribution in [3.8, 4) is 0 Å². The minimum absolute atomic E-state index is 0.936. The van der Waals surface area contributed by atoms with Crippen LogP contribution in [0.2, 0.25) is 0 Å². The summed E-state index contributed by atoms with van der Waals surface area (Å²) in [7, 11) is 2.13. The van der Waals surface area contributed by atoms with Crippen LogP contribution in [0.15, 0.2) is 66.8 Å². The molecule has 1 aromatic carbocycles. The third-order valence-electron chi connectivity index (χ3n) is 2.46. The first-order valence-corrected chi connectivity index (χ1v) is 5.93. The first-order chi connectivity index (χ1) is 8.26. The number of likely N-dealkylation sites (N-methyl/N-ethyl adjacent to an activating group) is 1. The van der Waals surface area contributed by atoms with Crippen LogP contribution in [0, 0.1) is 0 Å². The van der Waals surface area contributed by atoms with Crippen LogP contribution in [0.1, 0.15) is 12.5 Å². The van der Waals surface area contributed by atoms with Crippen molar-refractivity contribution in [3.63, 3.8) is 0 Å². The van der Waals surface area contributed by atoms with Gasteiger partial charge in [0.25, 0.3) is 0 Å². The van der Waals surface area contributed by atoms with Crippen LogP contribution in [-0.2, 0) is 6.54 Å². The molecule has 0 spiro atoms. The fourth-order valence-corrected chi connectivity index (χ4v) is 1.79. The number of nitrogens with zero attached hydrogens (tertiary/aromatic N) is 1. The Morgan fingerprint density at radius 1 is 1.29 bits per heavy atom. The lowest BCUT2D eigenvalue weighted by atomic mass is 10.2. The first-order valence-electron chi connectivity index (χ1n) is 5.93. The van der Waals surface area contributed by atoms with Gasteiger partial charge < -0.3 is 0 Å². The van der Waals surface area contributed by atoms with E-state index in [9.17, 15) is 0 Å². The zero-order valence-corrected chi connectivity index (χ0v) is 10.8. The van der Waals surface area contributed by atoms with Gasteiger partial charge in [-0.3, -0.25) is 4.90 Å². The van der Waals surface area contributed by atoms with E-state index in [-0.39, 0.29) is 0 Å². The Kier molecular flexibility index (Phi) is 6.05. The lowest BCUT2D eigenvalue weighted by Gasteiger charge is -2.17. The van der Waals surface area contributed by atoms with Gasteiger partial charge in [0.15, 0.2) is 0 Å². The second kappa shape index (κ2) is 7.64. The molecule has 0 atom stereocenters. The van der Waals surface area contributed by atoms with E-state index >= 15 is 0 Å². The summed E-state index contributed by atoms with van der Waals surface area (Å²) in [5.74, 6) is 0. The van der Waals surface area contributed by atoms with Crippen molar-refractivity contribution in [2.75, 3.05) is 13.6 Å². The van der Waals surface area contributed by atoms with Crippen molar-refractivity contribution in [1.82, 2.24) is 4.90 Å². The van der Waals surface area contributed by atoms with E-state index in [0.29, 0.717) is 0 Å². The maximum absolute atomic E-state index is 3.75. The molecule has 0 heterocycles. The average molecular weight is 227 g/mol. The topological polar surface area (TPSA) is 3.24 Å². The highest BCUT2D eigenvalue weighted by Gasteiger charge is 2.01. The zero-order chi connectivity index (χ0) is 12.5. The summed E-state index contributed by atoms with van der Waals surface area (Å²) in [5.41, 5.74) is 2.62. The van der Waals surface area contributed by atoms with Gasteiger partial charge >= 0.3 is 0 Å². The minimum Gasteiger partial charge on any atom is -0.298 e. The number of rotatable bonds is 6. The Morgan fingerprint density at radius 2 is 2.00 bits per heavy atom. The highest BCUT2D eigenvalue weighted by Crippen LogP contribution is 2.06. The summed E-state index contributed by atoms with van der Waals surface area (Å²) in [5, 5.41) is 0. The molecule has 0 aromatic heterocycles. The second-order valence-corrected chi connectivity index (χ2v) is 4.14. The molecule has 1 nitrogen and oxygen atoms in total. The molecule has 0 radical (unpaired) electrons. The van der Waals surface area contributed by atoms with Crippen molar-refractivity contribution in [2.24, 2.45) is 0 Å². The summed E-state index contributed by atoms with van der Waals surface area (Å²) in [6.07, 6.45) is 8.09. The van der Waals surface area contributed by atoms with Crippen molar-refractivity contribution in [2.45, 2.75) is 13.5 Å². The van der Waals surface area contributed by atoms with Crippen LogP contribution in [0.4, 0.5) is 0 Å². The van der Waals surface area contributed by atoms with Gasteiger partial charge in [-0.1, -0.05) is 61.2 Å².